The normalized spacial score (nSPS) is 23.4. The SMILES string of the molecule is COC(C)CN[C@@H](C)C1CCCCC1. The van der Waals surface area contributed by atoms with Gasteiger partial charge in [0.05, 0.1) is 6.10 Å². The molecule has 0 saturated heterocycles. The molecule has 2 heteroatoms. The third-order valence-corrected chi connectivity index (χ3v) is 3.49. The second kappa shape index (κ2) is 6.41. The van der Waals surface area contributed by atoms with E-state index in [1.807, 2.05) is 0 Å². The summed E-state index contributed by atoms with van der Waals surface area (Å²) < 4.78 is 5.23. The molecule has 0 aromatic carbocycles. The monoisotopic (exact) mass is 199 g/mol. The highest BCUT2D eigenvalue weighted by Crippen LogP contribution is 2.26. The Kier molecular flexibility index (Phi) is 5.49. The molecule has 0 bridgehead atoms. The van der Waals surface area contributed by atoms with Crippen LogP contribution in [0.1, 0.15) is 46.0 Å². The summed E-state index contributed by atoms with van der Waals surface area (Å²) in [7, 11) is 1.78. The van der Waals surface area contributed by atoms with Crippen LogP contribution in [-0.2, 0) is 4.74 Å². The van der Waals surface area contributed by atoms with E-state index < -0.39 is 0 Å². The minimum atomic E-state index is 0.334. The summed E-state index contributed by atoms with van der Waals surface area (Å²) in [5, 5.41) is 3.58. The van der Waals surface area contributed by atoms with Gasteiger partial charge in [-0.15, -0.1) is 0 Å². The van der Waals surface area contributed by atoms with Crippen molar-refractivity contribution in [1.82, 2.24) is 5.32 Å². The van der Waals surface area contributed by atoms with Gasteiger partial charge >= 0.3 is 0 Å². The van der Waals surface area contributed by atoms with Crippen LogP contribution >= 0.6 is 0 Å². The smallest absolute Gasteiger partial charge is 0.0667 e. The van der Waals surface area contributed by atoms with Crippen LogP contribution in [0.15, 0.2) is 0 Å². The van der Waals surface area contributed by atoms with Gasteiger partial charge in [0.1, 0.15) is 0 Å². The van der Waals surface area contributed by atoms with E-state index in [4.69, 9.17) is 4.74 Å². The van der Waals surface area contributed by atoms with Crippen molar-refractivity contribution in [2.24, 2.45) is 5.92 Å². The molecule has 1 N–H and O–H groups in total. The second-order valence-electron chi connectivity index (χ2n) is 4.64. The maximum Gasteiger partial charge on any atom is 0.0667 e. The Labute approximate surface area is 88.4 Å². The van der Waals surface area contributed by atoms with Crippen LogP contribution in [0.25, 0.3) is 0 Å². The molecule has 0 spiro atoms. The van der Waals surface area contributed by atoms with Crippen molar-refractivity contribution in [3.05, 3.63) is 0 Å². The Morgan fingerprint density at radius 3 is 2.43 bits per heavy atom. The van der Waals surface area contributed by atoms with E-state index in [-0.39, 0.29) is 0 Å². The molecule has 0 aliphatic heterocycles. The summed E-state index contributed by atoms with van der Waals surface area (Å²) in [6.45, 7) is 5.41. The molecule has 84 valence electrons. The minimum Gasteiger partial charge on any atom is -0.380 e. The lowest BCUT2D eigenvalue weighted by atomic mass is 9.84. The molecule has 1 unspecified atom stereocenters. The fraction of sp³-hybridized carbons (Fsp3) is 1.00. The van der Waals surface area contributed by atoms with Crippen LogP contribution in [0.3, 0.4) is 0 Å². The Morgan fingerprint density at radius 1 is 1.21 bits per heavy atom. The van der Waals surface area contributed by atoms with Gasteiger partial charge in [-0.05, 0) is 32.6 Å². The number of hydrogen-bond donors (Lipinski definition) is 1. The highest BCUT2D eigenvalue weighted by Gasteiger charge is 2.19. The number of hydrogen-bond acceptors (Lipinski definition) is 2. The number of nitrogens with one attached hydrogen (secondary N) is 1. The molecule has 1 aliphatic rings. The zero-order valence-electron chi connectivity index (χ0n) is 9.88. The number of methoxy groups -OCH3 is 1. The molecule has 0 amide bonds. The predicted molar refractivity (Wildman–Crippen MR) is 60.5 cm³/mol. The van der Waals surface area contributed by atoms with Crippen LogP contribution in [0.4, 0.5) is 0 Å². The number of rotatable bonds is 5. The summed E-state index contributed by atoms with van der Waals surface area (Å²) in [4.78, 5) is 0. The molecular weight excluding hydrogens is 174 g/mol. The van der Waals surface area contributed by atoms with Crippen LogP contribution in [-0.4, -0.2) is 25.8 Å². The van der Waals surface area contributed by atoms with Gasteiger partial charge in [-0.25, -0.2) is 0 Å². The van der Waals surface area contributed by atoms with Crippen LogP contribution in [0.5, 0.6) is 0 Å². The topological polar surface area (TPSA) is 21.3 Å². The van der Waals surface area contributed by atoms with Gasteiger partial charge in [0.2, 0.25) is 0 Å². The lowest BCUT2D eigenvalue weighted by molar-refractivity contribution is 0.110. The van der Waals surface area contributed by atoms with E-state index in [1.54, 1.807) is 7.11 Å². The van der Waals surface area contributed by atoms with Crippen LogP contribution in [0.2, 0.25) is 0 Å². The third-order valence-electron chi connectivity index (χ3n) is 3.49. The van der Waals surface area contributed by atoms with Gasteiger partial charge in [-0.1, -0.05) is 19.3 Å². The average molecular weight is 199 g/mol. The van der Waals surface area contributed by atoms with Crippen molar-refractivity contribution >= 4 is 0 Å². The Hall–Kier alpha value is -0.0800. The van der Waals surface area contributed by atoms with Gasteiger partial charge in [0.25, 0.3) is 0 Å². The van der Waals surface area contributed by atoms with Crippen LogP contribution in [0, 0.1) is 5.92 Å². The maximum absolute atomic E-state index is 5.23. The zero-order valence-corrected chi connectivity index (χ0v) is 9.88. The summed E-state index contributed by atoms with van der Waals surface area (Å²) in [6.07, 6.45) is 7.46. The predicted octanol–water partition coefficient (Wildman–Crippen LogP) is 2.58. The number of ether oxygens (including phenoxy) is 1. The zero-order chi connectivity index (χ0) is 10.4. The first-order valence-electron chi connectivity index (χ1n) is 6.00. The lowest BCUT2D eigenvalue weighted by Crippen LogP contribution is -2.38. The van der Waals surface area contributed by atoms with Crippen LogP contribution < -0.4 is 5.32 Å². The highest BCUT2D eigenvalue weighted by molar-refractivity contribution is 4.76. The summed E-state index contributed by atoms with van der Waals surface area (Å²) in [6, 6.07) is 0.660. The van der Waals surface area contributed by atoms with E-state index in [9.17, 15) is 0 Å². The van der Waals surface area contributed by atoms with Crippen molar-refractivity contribution in [3.63, 3.8) is 0 Å². The fourth-order valence-electron chi connectivity index (χ4n) is 2.24. The molecule has 1 saturated carbocycles. The van der Waals surface area contributed by atoms with E-state index in [2.05, 4.69) is 19.2 Å². The van der Waals surface area contributed by atoms with E-state index in [1.165, 1.54) is 32.1 Å². The molecule has 0 heterocycles. The van der Waals surface area contributed by atoms with Crippen molar-refractivity contribution in [1.29, 1.82) is 0 Å². The molecule has 2 atom stereocenters. The van der Waals surface area contributed by atoms with Gasteiger partial charge in [0.15, 0.2) is 0 Å². The van der Waals surface area contributed by atoms with E-state index >= 15 is 0 Å². The quantitative estimate of drug-likeness (QED) is 0.735. The lowest BCUT2D eigenvalue weighted by Gasteiger charge is -2.29. The van der Waals surface area contributed by atoms with Gasteiger partial charge in [-0.3, -0.25) is 0 Å². The highest BCUT2D eigenvalue weighted by atomic mass is 16.5. The summed E-state index contributed by atoms with van der Waals surface area (Å²) in [5.74, 6) is 0.896. The molecule has 2 nitrogen and oxygen atoms in total. The maximum atomic E-state index is 5.23. The van der Waals surface area contributed by atoms with Crippen molar-refractivity contribution < 1.29 is 4.74 Å². The van der Waals surface area contributed by atoms with E-state index in [0.717, 1.165) is 12.5 Å². The van der Waals surface area contributed by atoms with E-state index in [0.29, 0.717) is 12.1 Å². The molecule has 1 rings (SSSR count). The second-order valence-corrected chi connectivity index (χ2v) is 4.64. The Bertz CT molecular complexity index is 143. The van der Waals surface area contributed by atoms with Crippen molar-refractivity contribution in [2.45, 2.75) is 58.1 Å². The molecule has 1 aliphatic carbocycles. The first kappa shape index (κ1) is 12.0. The van der Waals surface area contributed by atoms with Crippen molar-refractivity contribution in [2.75, 3.05) is 13.7 Å². The minimum absolute atomic E-state index is 0.334. The molecule has 0 radical (unpaired) electrons. The largest absolute Gasteiger partial charge is 0.380 e. The summed E-state index contributed by atoms with van der Waals surface area (Å²) >= 11 is 0. The Balaban J connectivity index is 2.16. The molecule has 1 fully saturated rings. The average Bonchev–Trinajstić information content (AvgIpc) is 2.26. The van der Waals surface area contributed by atoms with Gasteiger partial charge < -0.3 is 10.1 Å². The fourth-order valence-corrected chi connectivity index (χ4v) is 2.24. The summed E-state index contributed by atoms with van der Waals surface area (Å²) in [5.41, 5.74) is 0. The molecular formula is C12H25NO. The molecule has 0 aromatic heterocycles. The molecule has 14 heavy (non-hydrogen) atoms. The molecule has 0 aromatic rings. The van der Waals surface area contributed by atoms with Gasteiger partial charge in [0, 0.05) is 19.7 Å². The third kappa shape index (κ3) is 3.97. The Morgan fingerprint density at radius 2 is 1.86 bits per heavy atom. The first-order valence-corrected chi connectivity index (χ1v) is 6.00. The first-order chi connectivity index (χ1) is 6.74. The standard InChI is InChI=1S/C12H25NO/c1-10(14-3)9-13-11(2)12-7-5-4-6-8-12/h10-13H,4-9H2,1-3H3/t10?,11-/m0/s1. The van der Waals surface area contributed by atoms with Gasteiger partial charge in [-0.2, -0.15) is 0 Å². The van der Waals surface area contributed by atoms with Crippen molar-refractivity contribution in [3.8, 4) is 0 Å².